The molecule has 0 amide bonds. The normalized spacial score (nSPS) is 40.4. The number of Topliss-reactive ketones (excluding diaryl/α,β-unsaturated/α-hetero) is 1. The fourth-order valence-electron chi connectivity index (χ4n) is 9.09. The third-order valence-corrected chi connectivity index (χ3v) is 10.1. The highest BCUT2D eigenvalue weighted by Gasteiger charge is 2.85. The molecular formula is C30H40O11. The quantitative estimate of drug-likeness (QED) is 0.270. The van der Waals surface area contributed by atoms with Gasteiger partial charge in [0.05, 0.1) is 0 Å². The number of ether oxygens (including phenoxy) is 5. The van der Waals surface area contributed by atoms with E-state index in [1.54, 1.807) is 0 Å². The number of hydrogen-bond donors (Lipinski definition) is 0. The third-order valence-electron chi connectivity index (χ3n) is 10.1. The van der Waals surface area contributed by atoms with Gasteiger partial charge in [0.1, 0.15) is 23.7 Å². The molecule has 4 fully saturated rings. The molecule has 9 atom stereocenters. The highest BCUT2D eigenvalue weighted by atomic mass is 16.6. The van der Waals surface area contributed by atoms with Crippen molar-refractivity contribution in [1.29, 1.82) is 0 Å². The predicted octanol–water partition coefficient (Wildman–Crippen LogP) is 3.01. The summed E-state index contributed by atoms with van der Waals surface area (Å²) in [6.07, 6.45) is -3.36. The van der Waals surface area contributed by atoms with E-state index in [4.69, 9.17) is 23.7 Å². The summed E-state index contributed by atoms with van der Waals surface area (Å²) in [6.45, 7) is 16.1. The third kappa shape index (κ3) is 4.37. The molecule has 4 aliphatic rings. The molecule has 4 aliphatic carbocycles. The molecule has 4 rings (SSSR count). The summed E-state index contributed by atoms with van der Waals surface area (Å²) < 4.78 is 29.5. The molecule has 11 heteroatoms. The summed E-state index contributed by atoms with van der Waals surface area (Å²) in [7, 11) is 0. The molecule has 0 saturated heterocycles. The van der Waals surface area contributed by atoms with Gasteiger partial charge in [-0.25, -0.2) is 0 Å². The first-order chi connectivity index (χ1) is 18.8. The highest BCUT2D eigenvalue weighted by Crippen LogP contribution is 2.74. The van der Waals surface area contributed by atoms with Gasteiger partial charge in [-0.3, -0.25) is 28.8 Å². The molecule has 0 aromatic rings. The van der Waals surface area contributed by atoms with Gasteiger partial charge in [-0.2, -0.15) is 0 Å². The Morgan fingerprint density at radius 3 is 1.83 bits per heavy atom. The van der Waals surface area contributed by atoms with Crippen LogP contribution < -0.4 is 0 Å². The van der Waals surface area contributed by atoms with Gasteiger partial charge in [-0.15, -0.1) is 0 Å². The Labute approximate surface area is 239 Å². The minimum Gasteiger partial charge on any atom is -0.462 e. The molecule has 0 radical (unpaired) electrons. The van der Waals surface area contributed by atoms with Gasteiger partial charge in [0.2, 0.25) is 0 Å². The second-order valence-corrected chi connectivity index (χ2v) is 12.9. The summed E-state index contributed by atoms with van der Waals surface area (Å²) in [5, 5.41) is 0. The molecule has 226 valence electrons. The smallest absolute Gasteiger partial charge is 0.303 e. The number of carbonyl (C=O) groups is 6. The van der Waals surface area contributed by atoms with Crippen LogP contribution in [0.5, 0.6) is 0 Å². The number of esters is 5. The Morgan fingerprint density at radius 2 is 1.32 bits per heavy atom. The Bertz CT molecular complexity index is 1220. The van der Waals surface area contributed by atoms with Crippen molar-refractivity contribution in [3.63, 3.8) is 0 Å². The molecule has 0 N–H and O–H groups in total. The van der Waals surface area contributed by atoms with E-state index < -0.39 is 82.4 Å². The molecule has 0 aromatic carbocycles. The van der Waals surface area contributed by atoms with Crippen molar-refractivity contribution in [1.82, 2.24) is 0 Å². The van der Waals surface area contributed by atoms with Gasteiger partial charge >= 0.3 is 29.8 Å². The second-order valence-electron chi connectivity index (χ2n) is 12.9. The van der Waals surface area contributed by atoms with Crippen LogP contribution in [0.2, 0.25) is 0 Å². The van der Waals surface area contributed by atoms with Gasteiger partial charge in [0, 0.05) is 57.9 Å². The van der Waals surface area contributed by atoms with E-state index in [1.165, 1.54) is 20.8 Å². The zero-order valence-corrected chi connectivity index (χ0v) is 25.0. The van der Waals surface area contributed by atoms with Gasteiger partial charge in [0.25, 0.3) is 0 Å². The maximum Gasteiger partial charge on any atom is 0.303 e. The van der Waals surface area contributed by atoms with Crippen molar-refractivity contribution < 1.29 is 52.5 Å². The Kier molecular flexibility index (Phi) is 7.45. The Hall–Kier alpha value is -3.24. The van der Waals surface area contributed by atoms with E-state index in [0.29, 0.717) is 12.8 Å². The predicted molar refractivity (Wildman–Crippen MR) is 141 cm³/mol. The lowest BCUT2D eigenvalue weighted by atomic mass is 9.38. The van der Waals surface area contributed by atoms with Gasteiger partial charge in [0.15, 0.2) is 17.5 Å². The molecule has 4 saturated carbocycles. The average molecular weight is 577 g/mol. The van der Waals surface area contributed by atoms with Crippen LogP contribution in [-0.2, 0) is 52.5 Å². The largest absolute Gasteiger partial charge is 0.462 e. The van der Waals surface area contributed by atoms with Crippen molar-refractivity contribution in [2.24, 2.45) is 28.1 Å². The lowest BCUT2D eigenvalue weighted by Gasteiger charge is -2.68. The molecule has 41 heavy (non-hydrogen) atoms. The first kappa shape index (κ1) is 30.7. The lowest BCUT2D eigenvalue weighted by molar-refractivity contribution is -0.299. The van der Waals surface area contributed by atoms with Crippen LogP contribution in [0.15, 0.2) is 12.2 Å². The van der Waals surface area contributed by atoms with Crippen LogP contribution >= 0.6 is 0 Å². The SMILES string of the molecule is C=C1C(=O)[C@]23[C@H](OC(C)=O)C[C@@H]4C(C)(C)CC[C@@H](OC(C)=O)[C@@]4(C)[C@@H]2[C@@H](OC(C)=O)C[C@]1(OC(C)=O)[C@H]3OC(C)=O. The Morgan fingerprint density at radius 1 is 0.780 bits per heavy atom. The average Bonchev–Trinajstić information content (AvgIpc) is 2.91. The zero-order valence-electron chi connectivity index (χ0n) is 25.0. The van der Waals surface area contributed by atoms with Gasteiger partial charge in [-0.1, -0.05) is 27.4 Å². The van der Waals surface area contributed by atoms with Crippen molar-refractivity contribution >= 4 is 35.6 Å². The number of hydrogen-bond acceptors (Lipinski definition) is 11. The fraction of sp³-hybridized carbons (Fsp3) is 0.733. The molecule has 1 spiro atoms. The van der Waals surface area contributed by atoms with Crippen molar-refractivity contribution in [2.75, 3.05) is 0 Å². The van der Waals surface area contributed by atoms with E-state index in [-0.39, 0.29) is 29.7 Å². The first-order valence-corrected chi connectivity index (χ1v) is 14.0. The van der Waals surface area contributed by atoms with E-state index >= 15 is 0 Å². The van der Waals surface area contributed by atoms with E-state index in [0.717, 1.165) is 13.8 Å². The van der Waals surface area contributed by atoms with Crippen LogP contribution in [0, 0.1) is 28.1 Å². The van der Waals surface area contributed by atoms with E-state index in [9.17, 15) is 28.8 Å². The summed E-state index contributed by atoms with van der Waals surface area (Å²) in [5.74, 6) is -5.25. The standard InChI is InChI=1S/C30H40O11/c1-14-25(36)30-23(39-17(4)33)12-21-27(7,8)11-10-22(38-16(3)32)28(21,9)24(30)20(37-15(2)31)13-29(14,41-19(6)35)26(30)40-18(5)34/h20-24,26H,1,10-13H2,2-9H3/t20-,21+,22+,23+,24-,26+,28-,29+,30-/m0/s1. The summed E-state index contributed by atoms with van der Waals surface area (Å²) >= 11 is 0. The van der Waals surface area contributed by atoms with Crippen LogP contribution in [0.4, 0.5) is 0 Å². The summed E-state index contributed by atoms with van der Waals surface area (Å²) in [4.78, 5) is 77.5. The molecule has 0 aliphatic heterocycles. The lowest BCUT2D eigenvalue weighted by Crippen LogP contribution is -2.76. The highest BCUT2D eigenvalue weighted by molar-refractivity contribution is 6.07. The van der Waals surface area contributed by atoms with Crippen molar-refractivity contribution in [3.05, 3.63) is 12.2 Å². The monoisotopic (exact) mass is 576 g/mol. The fourth-order valence-corrected chi connectivity index (χ4v) is 9.09. The summed E-state index contributed by atoms with van der Waals surface area (Å²) in [6, 6.07) is 0. The van der Waals surface area contributed by atoms with Crippen LogP contribution in [0.3, 0.4) is 0 Å². The number of ketones is 1. The van der Waals surface area contributed by atoms with Crippen LogP contribution in [-0.4, -0.2) is 65.6 Å². The molecule has 0 aromatic heterocycles. The van der Waals surface area contributed by atoms with Crippen LogP contribution in [0.1, 0.15) is 81.1 Å². The minimum atomic E-state index is -1.88. The number of rotatable bonds is 5. The molecule has 11 nitrogen and oxygen atoms in total. The molecule has 0 heterocycles. The minimum absolute atomic E-state index is 0.142. The van der Waals surface area contributed by atoms with E-state index in [2.05, 4.69) is 20.4 Å². The Balaban J connectivity index is 2.13. The maximum atomic E-state index is 14.7. The van der Waals surface area contributed by atoms with E-state index in [1.807, 2.05) is 6.92 Å². The first-order valence-electron chi connectivity index (χ1n) is 14.0. The maximum absolute atomic E-state index is 14.7. The second kappa shape index (κ2) is 9.94. The number of fused-ring (bicyclic) bond motifs is 3. The zero-order chi connectivity index (χ0) is 30.9. The van der Waals surface area contributed by atoms with Crippen molar-refractivity contribution in [2.45, 2.75) is 111 Å². The van der Waals surface area contributed by atoms with Crippen molar-refractivity contribution in [3.8, 4) is 0 Å². The van der Waals surface area contributed by atoms with Crippen LogP contribution in [0.25, 0.3) is 0 Å². The van der Waals surface area contributed by atoms with Gasteiger partial charge < -0.3 is 23.7 Å². The summed E-state index contributed by atoms with van der Waals surface area (Å²) in [5.41, 5.74) is -5.30. The molecule has 0 unspecified atom stereocenters. The molecule has 2 bridgehead atoms. The number of carbonyl (C=O) groups excluding carboxylic acids is 6. The van der Waals surface area contributed by atoms with Gasteiger partial charge in [-0.05, 0) is 30.6 Å². The molecular weight excluding hydrogens is 536 g/mol. The topological polar surface area (TPSA) is 149 Å².